The van der Waals surface area contributed by atoms with Crippen LogP contribution in [0.3, 0.4) is 0 Å². The first-order valence-electron chi connectivity index (χ1n) is 12.1. The summed E-state index contributed by atoms with van der Waals surface area (Å²) >= 11 is 3.59. The van der Waals surface area contributed by atoms with E-state index in [4.69, 9.17) is 14.2 Å². The molecule has 7 heteroatoms. The third-order valence-electron chi connectivity index (χ3n) is 6.53. The molecule has 4 atom stereocenters. The predicted octanol–water partition coefficient (Wildman–Crippen LogP) is 6.56. The molecular formula is C28H31BrN2O4. The third kappa shape index (κ3) is 5.20. The number of carbonyl (C=O) groups is 1. The van der Waals surface area contributed by atoms with Gasteiger partial charge in [-0.1, -0.05) is 58.4 Å². The van der Waals surface area contributed by atoms with Gasteiger partial charge in [0.2, 0.25) is 0 Å². The summed E-state index contributed by atoms with van der Waals surface area (Å²) in [6.45, 7) is 6.12. The number of nitrogens with one attached hydrogen (secondary N) is 2. The lowest BCUT2D eigenvalue weighted by molar-refractivity contribution is -0.0385. The maximum atomic E-state index is 11.9. The lowest BCUT2D eigenvalue weighted by atomic mass is 9.78. The standard InChI is InChI=1S/C28H31BrN2O4/c1-28(2,3)35-27(32)30-14-13-17-11-12-23-21(15-17)18-8-6-9-19(18)25(31-23)24-16-33-26(34-24)20-7-4-5-10-22(20)29/h4-8,10-12,15-16,18-19,25-26,31H,9,13-14H2,1-3H3,(H,30,32). The molecule has 6 nitrogen and oxygen atoms in total. The van der Waals surface area contributed by atoms with Gasteiger partial charge in [-0.05, 0) is 56.9 Å². The molecule has 0 aromatic heterocycles. The summed E-state index contributed by atoms with van der Waals surface area (Å²) in [7, 11) is 0. The van der Waals surface area contributed by atoms with Crippen LogP contribution in [-0.4, -0.2) is 24.3 Å². The minimum atomic E-state index is -0.497. The molecule has 4 unspecified atom stereocenters. The van der Waals surface area contributed by atoms with Crippen molar-refractivity contribution in [3.8, 4) is 0 Å². The van der Waals surface area contributed by atoms with Gasteiger partial charge in [-0.15, -0.1) is 0 Å². The number of allylic oxidation sites excluding steroid dienone is 2. The zero-order chi connectivity index (χ0) is 24.6. The van der Waals surface area contributed by atoms with Gasteiger partial charge in [0, 0.05) is 34.1 Å². The number of halogens is 1. The van der Waals surface area contributed by atoms with Crippen LogP contribution in [0.15, 0.2) is 71.1 Å². The van der Waals surface area contributed by atoms with Crippen LogP contribution >= 0.6 is 15.9 Å². The van der Waals surface area contributed by atoms with E-state index in [2.05, 4.69) is 56.9 Å². The fourth-order valence-corrected chi connectivity index (χ4v) is 5.43. The molecule has 0 radical (unpaired) electrons. The van der Waals surface area contributed by atoms with Gasteiger partial charge in [-0.25, -0.2) is 4.79 Å². The summed E-state index contributed by atoms with van der Waals surface area (Å²) < 4.78 is 18.5. The molecular weight excluding hydrogens is 508 g/mol. The van der Waals surface area contributed by atoms with Crippen molar-refractivity contribution >= 4 is 27.7 Å². The third-order valence-corrected chi connectivity index (χ3v) is 7.25. The number of hydrogen-bond acceptors (Lipinski definition) is 5. The van der Waals surface area contributed by atoms with E-state index in [0.29, 0.717) is 18.4 Å². The van der Waals surface area contributed by atoms with Crippen LogP contribution in [-0.2, 0) is 20.6 Å². The smallest absolute Gasteiger partial charge is 0.407 e. The minimum absolute atomic E-state index is 0.0367. The summed E-state index contributed by atoms with van der Waals surface area (Å²) in [5.41, 5.74) is 4.06. The van der Waals surface area contributed by atoms with Crippen LogP contribution in [0.5, 0.6) is 0 Å². The molecule has 2 aromatic rings. The number of ether oxygens (including phenoxy) is 3. The highest BCUT2D eigenvalue weighted by Gasteiger charge is 2.42. The fraction of sp³-hybridized carbons (Fsp3) is 0.393. The lowest BCUT2D eigenvalue weighted by Crippen LogP contribution is -2.37. The van der Waals surface area contributed by atoms with Crippen molar-refractivity contribution in [2.45, 2.75) is 57.5 Å². The molecule has 0 saturated carbocycles. The largest absolute Gasteiger partial charge is 0.455 e. The topological polar surface area (TPSA) is 68.8 Å². The van der Waals surface area contributed by atoms with Gasteiger partial charge in [-0.2, -0.15) is 0 Å². The van der Waals surface area contributed by atoms with Crippen molar-refractivity contribution in [3.63, 3.8) is 0 Å². The summed E-state index contributed by atoms with van der Waals surface area (Å²) in [6.07, 6.45) is 7.22. The van der Waals surface area contributed by atoms with E-state index in [1.807, 2.05) is 45.0 Å². The van der Waals surface area contributed by atoms with Gasteiger partial charge in [0.05, 0.1) is 6.04 Å². The first-order valence-corrected chi connectivity index (χ1v) is 12.9. The quantitative estimate of drug-likeness (QED) is 0.422. The summed E-state index contributed by atoms with van der Waals surface area (Å²) in [5, 5.41) is 6.56. The van der Waals surface area contributed by atoms with Crippen LogP contribution in [0, 0.1) is 5.92 Å². The molecule has 2 aliphatic heterocycles. The molecule has 3 aliphatic rings. The van der Waals surface area contributed by atoms with Gasteiger partial charge in [0.25, 0.3) is 6.29 Å². The van der Waals surface area contributed by atoms with Gasteiger partial charge < -0.3 is 24.8 Å². The molecule has 1 amide bonds. The highest BCUT2D eigenvalue weighted by Crippen LogP contribution is 2.48. The summed E-state index contributed by atoms with van der Waals surface area (Å²) in [6, 6.07) is 14.5. The Labute approximate surface area is 214 Å². The zero-order valence-corrected chi connectivity index (χ0v) is 21.8. The second-order valence-corrected chi connectivity index (χ2v) is 11.1. The van der Waals surface area contributed by atoms with Gasteiger partial charge in [0.1, 0.15) is 11.9 Å². The van der Waals surface area contributed by atoms with Crippen LogP contribution in [0.25, 0.3) is 0 Å². The van der Waals surface area contributed by atoms with Crippen molar-refractivity contribution in [1.82, 2.24) is 5.32 Å². The Kier molecular flexibility index (Phi) is 6.53. The normalized spacial score (nSPS) is 24.4. The Balaban J connectivity index is 1.26. The van der Waals surface area contributed by atoms with E-state index in [0.717, 1.165) is 34.3 Å². The van der Waals surface area contributed by atoms with E-state index in [1.165, 1.54) is 11.1 Å². The second-order valence-electron chi connectivity index (χ2n) is 10.2. The molecule has 2 N–H and O–H groups in total. The highest BCUT2D eigenvalue weighted by atomic mass is 79.9. The Morgan fingerprint density at radius 1 is 1.20 bits per heavy atom. The Morgan fingerprint density at radius 3 is 2.83 bits per heavy atom. The van der Waals surface area contributed by atoms with Crippen molar-refractivity contribution in [2.75, 3.05) is 11.9 Å². The number of rotatable bonds is 5. The molecule has 0 spiro atoms. The number of hydrogen-bond donors (Lipinski definition) is 2. The van der Waals surface area contributed by atoms with E-state index < -0.39 is 11.9 Å². The molecule has 35 heavy (non-hydrogen) atoms. The Morgan fingerprint density at radius 2 is 2.03 bits per heavy atom. The average molecular weight is 539 g/mol. The second kappa shape index (κ2) is 9.61. The van der Waals surface area contributed by atoms with Crippen LogP contribution < -0.4 is 10.6 Å². The number of fused-ring (bicyclic) bond motifs is 3. The number of carbonyl (C=O) groups excluding carboxylic acids is 1. The Bertz CT molecular complexity index is 1170. The summed E-state index contributed by atoms with van der Waals surface area (Å²) in [4.78, 5) is 11.9. The van der Waals surface area contributed by atoms with Crippen molar-refractivity contribution in [1.29, 1.82) is 0 Å². The van der Waals surface area contributed by atoms with E-state index in [-0.39, 0.29) is 12.1 Å². The van der Waals surface area contributed by atoms with Crippen LogP contribution in [0.1, 0.15) is 56.1 Å². The first-order chi connectivity index (χ1) is 16.8. The molecule has 5 rings (SSSR count). The first kappa shape index (κ1) is 23.8. The lowest BCUT2D eigenvalue weighted by Gasteiger charge is -2.37. The molecule has 0 bridgehead atoms. The van der Waals surface area contributed by atoms with Gasteiger partial charge in [-0.3, -0.25) is 0 Å². The highest BCUT2D eigenvalue weighted by molar-refractivity contribution is 9.10. The number of alkyl carbamates (subject to hydrolysis) is 1. The van der Waals surface area contributed by atoms with E-state index in [1.54, 1.807) is 6.26 Å². The maximum Gasteiger partial charge on any atom is 0.407 e. The monoisotopic (exact) mass is 538 g/mol. The van der Waals surface area contributed by atoms with Crippen molar-refractivity contribution in [2.24, 2.45) is 5.92 Å². The molecule has 0 saturated heterocycles. The van der Waals surface area contributed by atoms with Gasteiger partial charge >= 0.3 is 6.09 Å². The number of benzene rings is 2. The molecule has 184 valence electrons. The van der Waals surface area contributed by atoms with Crippen molar-refractivity contribution in [3.05, 3.63) is 87.8 Å². The van der Waals surface area contributed by atoms with Crippen molar-refractivity contribution < 1.29 is 19.0 Å². The number of anilines is 1. The number of amides is 1. The molecule has 2 aromatic carbocycles. The molecule has 1 aliphatic carbocycles. The Hall–Kier alpha value is -2.93. The molecule has 2 heterocycles. The fourth-order valence-electron chi connectivity index (χ4n) is 4.96. The average Bonchev–Trinajstić information content (AvgIpc) is 3.48. The minimum Gasteiger partial charge on any atom is -0.455 e. The van der Waals surface area contributed by atoms with Crippen LogP contribution in [0.4, 0.5) is 10.5 Å². The zero-order valence-electron chi connectivity index (χ0n) is 20.2. The van der Waals surface area contributed by atoms with Crippen LogP contribution in [0.2, 0.25) is 0 Å². The van der Waals surface area contributed by atoms with E-state index in [9.17, 15) is 4.79 Å². The van der Waals surface area contributed by atoms with E-state index >= 15 is 0 Å². The van der Waals surface area contributed by atoms with Gasteiger partial charge in [0.15, 0.2) is 5.76 Å². The molecule has 0 fully saturated rings. The maximum absolute atomic E-state index is 11.9. The summed E-state index contributed by atoms with van der Waals surface area (Å²) in [5.74, 6) is 1.49. The SMILES string of the molecule is CC(C)(C)OC(=O)NCCc1ccc2c(c1)C1C=CCC1C(C1=COC(c3ccccc3Br)O1)N2. The predicted molar refractivity (Wildman–Crippen MR) is 139 cm³/mol.